The number of hydrogen-bond acceptors (Lipinski definition) is 13. The lowest BCUT2D eigenvalue weighted by Crippen LogP contribution is -2.65. The van der Waals surface area contributed by atoms with Crippen LogP contribution in [0.1, 0.15) is 226 Å². The van der Waals surface area contributed by atoms with Crippen molar-refractivity contribution in [3.8, 4) is 0 Å². The number of aliphatic hydroxyl groups excluding tert-OH is 8. The minimum Gasteiger partial charge on any atom is -0.394 e. The first-order chi connectivity index (χ1) is 42.6. The summed E-state index contributed by atoms with van der Waals surface area (Å²) in [5.74, 6) is -0.261. The van der Waals surface area contributed by atoms with Crippen LogP contribution in [-0.2, 0) is 23.7 Å². The van der Waals surface area contributed by atoms with E-state index in [1.165, 1.54) is 89.9 Å². The number of allylic oxidation sites excluding steroid dienone is 21. The van der Waals surface area contributed by atoms with E-state index < -0.39 is 86.8 Å². The summed E-state index contributed by atoms with van der Waals surface area (Å²) < 4.78 is 22.8. The van der Waals surface area contributed by atoms with Gasteiger partial charge in [-0.05, 0) is 109 Å². The van der Waals surface area contributed by atoms with Gasteiger partial charge in [-0.2, -0.15) is 0 Å². The molecule has 2 saturated heterocycles. The zero-order valence-corrected chi connectivity index (χ0v) is 53.7. The standard InChI is InChI=1S/C73H121NO13/c1-3-5-7-9-11-13-15-17-19-21-22-23-24-25-26-27-28-29-30-31-32-33-34-35-36-37-38-39-40-41-43-45-47-49-51-53-55-57-65(78)74-61(62(77)56-54-52-50-48-46-44-42-20-18-16-14-12-10-8-6-4-2)60-84-72-70(83)68(81)71(64(59-76)86-72)87-73-69(82)67(80)66(79)63(58-75)85-73/h5,7,11,13,17-20,22-23,25-26,28-29,31-32,34-35,46,48,54,56,61-64,66-73,75-77,79-83H,3-4,6,8-10,12,14-16,21,24,27,30,33,36-45,47,49-53,55,57-60H2,1-2H3,(H,74,78)/b7-5-,13-11-,19-17-,20-18+,23-22-,26-25-,29-28-,32-31-,35-34-,48-46+,56-54+. The second-order valence-electron chi connectivity index (χ2n) is 23.2. The number of carbonyl (C=O) groups excluding carboxylic acids is 1. The lowest BCUT2D eigenvalue weighted by Gasteiger charge is -2.46. The molecule has 9 N–H and O–H groups in total. The summed E-state index contributed by atoms with van der Waals surface area (Å²) in [7, 11) is 0. The normalized spacial score (nSPS) is 24.2. The molecular formula is C73H121NO13. The Hall–Kier alpha value is -3.87. The molecule has 496 valence electrons. The van der Waals surface area contributed by atoms with E-state index in [0.717, 1.165) is 103 Å². The third kappa shape index (κ3) is 40.5. The van der Waals surface area contributed by atoms with Crippen LogP contribution in [0, 0.1) is 0 Å². The fraction of sp³-hybridized carbons (Fsp3) is 0.685. The lowest BCUT2D eigenvalue weighted by molar-refractivity contribution is -0.359. The average Bonchev–Trinajstić information content (AvgIpc) is 2.36. The maximum atomic E-state index is 13.3. The second kappa shape index (κ2) is 56.1. The molecule has 0 aromatic carbocycles. The third-order valence-electron chi connectivity index (χ3n) is 15.5. The van der Waals surface area contributed by atoms with Crippen molar-refractivity contribution in [2.75, 3.05) is 19.8 Å². The molecule has 0 radical (unpaired) electrons. The molecule has 2 heterocycles. The molecule has 14 nitrogen and oxygen atoms in total. The minimum atomic E-state index is -1.80. The van der Waals surface area contributed by atoms with E-state index in [9.17, 15) is 45.6 Å². The molecule has 14 heteroatoms. The van der Waals surface area contributed by atoms with Crippen molar-refractivity contribution >= 4 is 5.91 Å². The van der Waals surface area contributed by atoms with Crippen LogP contribution in [0.25, 0.3) is 0 Å². The quantitative estimate of drug-likeness (QED) is 0.0204. The zero-order valence-electron chi connectivity index (χ0n) is 53.7. The smallest absolute Gasteiger partial charge is 0.220 e. The SMILES string of the molecule is CC/C=C\C/C=C\C/C=C\C/C=C\C/C=C\C/C=C\C/C=C\C/C=C\CCCCCCCCCCCCCCC(=O)NC(COC1OC(CO)C(OC2OC(CO)C(O)C(O)C2O)C(O)C1O)C(O)/C=C/CC/C=C/CC/C=C/CCCCCCCC. The van der Waals surface area contributed by atoms with Crippen molar-refractivity contribution in [3.63, 3.8) is 0 Å². The summed E-state index contributed by atoms with van der Waals surface area (Å²) in [4.78, 5) is 13.3. The number of unbranched alkanes of at least 4 members (excludes halogenated alkanes) is 20. The van der Waals surface area contributed by atoms with Crippen LogP contribution < -0.4 is 5.32 Å². The van der Waals surface area contributed by atoms with Crippen molar-refractivity contribution in [2.45, 2.75) is 299 Å². The topological polar surface area (TPSA) is 228 Å². The van der Waals surface area contributed by atoms with Gasteiger partial charge < -0.3 is 65.1 Å². The molecule has 2 aliphatic rings. The van der Waals surface area contributed by atoms with E-state index in [-0.39, 0.29) is 18.9 Å². The molecule has 87 heavy (non-hydrogen) atoms. The molecule has 0 bridgehead atoms. The Morgan fingerprint density at radius 1 is 0.425 bits per heavy atom. The van der Waals surface area contributed by atoms with Gasteiger partial charge in [-0.1, -0.05) is 244 Å². The van der Waals surface area contributed by atoms with Crippen LogP contribution in [0.4, 0.5) is 0 Å². The van der Waals surface area contributed by atoms with Crippen LogP contribution in [0.3, 0.4) is 0 Å². The van der Waals surface area contributed by atoms with Gasteiger partial charge >= 0.3 is 0 Å². The Morgan fingerprint density at radius 3 is 1.26 bits per heavy atom. The Morgan fingerprint density at radius 2 is 0.805 bits per heavy atom. The lowest BCUT2D eigenvalue weighted by atomic mass is 9.97. The molecule has 0 aromatic heterocycles. The van der Waals surface area contributed by atoms with Crippen LogP contribution >= 0.6 is 0 Å². The predicted molar refractivity (Wildman–Crippen MR) is 355 cm³/mol. The maximum Gasteiger partial charge on any atom is 0.220 e. The second-order valence-corrected chi connectivity index (χ2v) is 23.2. The number of carbonyl (C=O) groups is 1. The van der Waals surface area contributed by atoms with Gasteiger partial charge in [-0.25, -0.2) is 0 Å². The van der Waals surface area contributed by atoms with Crippen molar-refractivity contribution in [3.05, 3.63) is 134 Å². The Balaban J connectivity index is 1.65. The summed E-state index contributed by atoms with van der Waals surface area (Å²) in [5, 5.41) is 87.2. The fourth-order valence-corrected chi connectivity index (χ4v) is 10.2. The molecule has 0 aliphatic carbocycles. The Kier molecular flexibility index (Phi) is 51.1. The van der Waals surface area contributed by atoms with Crippen molar-refractivity contribution in [2.24, 2.45) is 0 Å². The van der Waals surface area contributed by atoms with Crippen LogP contribution in [0.2, 0.25) is 0 Å². The van der Waals surface area contributed by atoms with Gasteiger partial charge in [0.2, 0.25) is 5.91 Å². The number of hydrogen-bond donors (Lipinski definition) is 9. The van der Waals surface area contributed by atoms with Gasteiger partial charge in [-0.15, -0.1) is 0 Å². The maximum absolute atomic E-state index is 13.3. The number of aliphatic hydroxyl groups is 8. The van der Waals surface area contributed by atoms with Crippen molar-refractivity contribution in [1.82, 2.24) is 5.32 Å². The molecule has 12 atom stereocenters. The molecule has 1 amide bonds. The first kappa shape index (κ1) is 79.2. The van der Waals surface area contributed by atoms with E-state index in [1.807, 2.05) is 6.08 Å². The molecule has 2 fully saturated rings. The molecule has 0 aromatic rings. The highest BCUT2D eigenvalue weighted by molar-refractivity contribution is 5.76. The average molecular weight is 1220 g/mol. The van der Waals surface area contributed by atoms with E-state index in [1.54, 1.807) is 6.08 Å². The molecule has 0 spiro atoms. The highest BCUT2D eigenvalue weighted by Crippen LogP contribution is 2.30. The first-order valence-corrected chi connectivity index (χ1v) is 33.9. The number of ether oxygens (including phenoxy) is 4. The van der Waals surface area contributed by atoms with Gasteiger partial charge in [0.25, 0.3) is 0 Å². The number of amides is 1. The predicted octanol–water partition coefficient (Wildman–Crippen LogP) is 13.5. The highest BCUT2D eigenvalue weighted by Gasteiger charge is 2.51. The fourth-order valence-electron chi connectivity index (χ4n) is 10.2. The van der Waals surface area contributed by atoms with Gasteiger partial charge in [0.1, 0.15) is 48.8 Å². The zero-order chi connectivity index (χ0) is 63.1. The van der Waals surface area contributed by atoms with Gasteiger partial charge in [-0.3, -0.25) is 4.79 Å². The molecular weight excluding hydrogens is 1100 g/mol. The molecule has 12 unspecified atom stereocenters. The minimum absolute atomic E-state index is 0.259. The van der Waals surface area contributed by atoms with Crippen molar-refractivity contribution in [1.29, 1.82) is 0 Å². The summed E-state index contributed by atoms with van der Waals surface area (Å²) >= 11 is 0. The largest absolute Gasteiger partial charge is 0.394 e. The molecule has 2 rings (SSSR count). The summed E-state index contributed by atoms with van der Waals surface area (Å²) in [6.07, 6.45) is 66.4. The monoisotopic (exact) mass is 1220 g/mol. The summed E-state index contributed by atoms with van der Waals surface area (Å²) in [6.45, 7) is 2.63. The molecule has 0 saturated carbocycles. The Labute approximate surface area is 526 Å². The number of nitrogens with one attached hydrogen (secondary N) is 1. The van der Waals surface area contributed by atoms with Crippen molar-refractivity contribution < 1.29 is 64.6 Å². The van der Waals surface area contributed by atoms with E-state index in [2.05, 4.69) is 141 Å². The third-order valence-corrected chi connectivity index (χ3v) is 15.5. The summed E-state index contributed by atoms with van der Waals surface area (Å²) in [6, 6.07) is -0.948. The van der Waals surface area contributed by atoms with Crippen LogP contribution in [0.5, 0.6) is 0 Å². The van der Waals surface area contributed by atoms with Gasteiger partial charge in [0.15, 0.2) is 12.6 Å². The molecule has 2 aliphatic heterocycles. The Bertz CT molecular complexity index is 1970. The highest BCUT2D eigenvalue weighted by atomic mass is 16.7. The first-order valence-electron chi connectivity index (χ1n) is 33.9. The van der Waals surface area contributed by atoms with E-state index in [4.69, 9.17) is 18.9 Å². The van der Waals surface area contributed by atoms with Gasteiger partial charge in [0.05, 0.1) is 32.0 Å². The van der Waals surface area contributed by atoms with E-state index in [0.29, 0.717) is 12.8 Å². The van der Waals surface area contributed by atoms with E-state index >= 15 is 0 Å². The van der Waals surface area contributed by atoms with Crippen LogP contribution in [0.15, 0.2) is 134 Å². The number of rotatable bonds is 53. The van der Waals surface area contributed by atoms with Crippen LogP contribution in [-0.4, -0.2) is 140 Å². The summed E-state index contributed by atoms with van der Waals surface area (Å²) in [5.41, 5.74) is 0. The van der Waals surface area contributed by atoms with Gasteiger partial charge in [0, 0.05) is 6.42 Å².